The van der Waals surface area contributed by atoms with Crippen molar-refractivity contribution in [3.05, 3.63) is 35.1 Å². The maximum absolute atomic E-state index is 10.4. The topological polar surface area (TPSA) is 33.2 Å². The van der Waals surface area contributed by atoms with E-state index in [0.717, 1.165) is 17.5 Å². The standard InChI is InChI=1S/C10H11ClN2O/c1-13(2)9(4-6-14)8-3-5-12-10(11)7-8/h3-7H,1-2H3. The summed E-state index contributed by atoms with van der Waals surface area (Å²) in [4.78, 5) is 16.1. The Balaban J connectivity index is 3.12. The number of hydrogen-bond donors (Lipinski definition) is 0. The molecule has 1 rings (SSSR count). The zero-order valence-corrected chi connectivity index (χ0v) is 8.82. The fourth-order valence-corrected chi connectivity index (χ4v) is 1.30. The molecule has 0 amide bonds. The largest absolute Gasteiger partial charge is 0.377 e. The second kappa shape index (κ2) is 4.77. The molecule has 0 N–H and O–H groups in total. The molecule has 0 fully saturated rings. The Kier molecular flexibility index (Phi) is 3.65. The maximum atomic E-state index is 10.4. The minimum Gasteiger partial charge on any atom is -0.377 e. The first-order valence-electron chi connectivity index (χ1n) is 4.10. The Labute approximate surface area is 88.0 Å². The highest BCUT2D eigenvalue weighted by molar-refractivity contribution is 6.29. The number of nitrogens with zero attached hydrogens (tertiary/aromatic N) is 2. The predicted molar refractivity (Wildman–Crippen MR) is 57.0 cm³/mol. The molecule has 4 heteroatoms. The van der Waals surface area contributed by atoms with E-state index < -0.39 is 0 Å². The van der Waals surface area contributed by atoms with Gasteiger partial charge >= 0.3 is 0 Å². The van der Waals surface area contributed by atoms with Crippen molar-refractivity contribution >= 4 is 23.6 Å². The van der Waals surface area contributed by atoms with Gasteiger partial charge in [0.25, 0.3) is 0 Å². The first-order chi connectivity index (χ1) is 6.65. The molecule has 0 unspecified atom stereocenters. The molecule has 0 aliphatic heterocycles. The fourth-order valence-electron chi connectivity index (χ4n) is 1.13. The highest BCUT2D eigenvalue weighted by atomic mass is 35.5. The van der Waals surface area contributed by atoms with Gasteiger partial charge in [-0.1, -0.05) is 11.6 Å². The summed E-state index contributed by atoms with van der Waals surface area (Å²) in [7, 11) is 3.73. The average molecular weight is 211 g/mol. The molecule has 0 aromatic carbocycles. The van der Waals surface area contributed by atoms with Gasteiger partial charge in [-0.3, -0.25) is 4.79 Å². The summed E-state index contributed by atoms with van der Waals surface area (Å²) in [6.45, 7) is 0. The van der Waals surface area contributed by atoms with Crippen molar-refractivity contribution in [1.82, 2.24) is 9.88 Å². The summed E-state index contributed by atoms with van der Waals surface area (Å²) in [5.41, 5.74) is 1.69. The Morgan fingerprint density at radius 2 is 2.29 bits per heavy atom. The van der Waals surface area contributed by atoms with Gasteiger partial charge in [-0.2, -0.15) is 0 Å². The molecule has 0 aliphatic rings. The van der Waals surface area contributed by atoms with Crippen LogP contribution < -0.4 is 0 Å². The Morgan fingerprint density at radius 3 is 2.79 bits per heavy atom. The van der Waals surface area contributed by atoms with Gasteiger partial charge in [0, 0.05) is 37.6 Å². The summed E-state index contributed by atoms with van der Waals surface area (Å²) >= 11 is 5.75. The third-order valence-electron chi connectivity index (χ3n) is 1.73. The van der Waals surface area contributed by atoms with E-state index in [4.69, 9.17) is 11.6 Å². The van der Waals surface area contributed by atoms with Gasteiger partial charge in [0.2, 0.25) is 0 Å². The molecule has 0 saturated carbocycles. The summed E-state index contributed by atoms with van der Waals surface area (Å²) in [6.07, 6.45) is 3.86. The summed E-state index contributed by atoms with van der Waals surface area (Å²) in [5.74, 6) is 0. The third kappa shape index (κ3) is 2.57. The average Bonchev–Trinajstić information content (AvgIpc) is 2.13. The van der Waals surface area contributed by atoms with Crippen LogP contribution in [0.5, 0.6) is 0 Å². The molecule has 1 heterocycles. The van der Waals surface area contributed by atoms with E-state index >= 15 is 0 Å². The normalized spacial score (nSPS) is 11.2. The minimum atomic E-state index is 0.418. The molecule has 0 spiro atoms. The van der Waals surface area contributed by atoms with Crippen molar-refractivity contribution < 1.29 is 4.79 Å². The van der Waals surface area contributed by atoms with Crippen molar-refractivity contribution in [2.24, 2.45) is 0 Å². The van der Waals surface area contributed by atoms with Crippen LogP contribution in [0.25, 0.3) is 5.70 Å². The first-order valence-corrected chi connectivity index (χ1v) is 4.47. The number of carbonyl (C=O) groups excluding carboxylic acids is 1. The molecule has 74 valence electrons. The lowest BCUT2D eigenvalue weighted by molar-refractivity contribution is -0.104. The van der Waals surface area contributed by atoms with Gasteiger partial charge in [0.05, 0.1) is 0 Å². The number of aldehydes is 1. The molecule has 0 atom stereocenters. The number of aromatic nitrogens is 1. The monoisotopic (exact) mass is 210 g/mol. The van der Waals surface area contributed by atoms with Crippen molar-refractivity contribution in [3.63, 3.8) is 0 Å². The van der Waals surface area contributed by atoms with Crippen LogP contribution in [0.1, 0.15) is 5.56 Å². The molecule has 0 aliphatic carbocycles. The number of allylic oxidation sites excluding steroid dienone is 1. The van der Waals surface area contributed by atoms with E-state index in [1.54, 1.807) is 18.3 Å². The lowest BCUT2D eigenvalue weighted by atomic mass is 10.2. The first kappa shape index (κ1) is 10.7. The predicted octanol–water partition coefficient (Wildman–Crippen LogP) is 1.84. The number of rotatable bonds is 3. The Bertz CT molecular complexity index is 361. The lowest BCUT2D eigenvalue weighted by Gasteiger charge is -2.16. The van der Waals surface area contributed by atoms with Crippen LogP contribution in [0.4, 0.5) is 0 Å². The van der Waals surface area contributed by atoms with Crippen molar-refractivity contribution in [2.75, 3.05) is 14.1 Å². The van der Waals surface area contributed by atoms with Gasteiger partial charge < -0.3 is 4.90 Å². The van der Waals surface area contributed by atoms with E-state index in [1.807, 2.05) is 19.0 Å². The van der Waals surface area contributed by atoms with Gasteiger partial charge in [0.15, 0.2) is 0 Å². The minimum absolute atomic E-state index is 0.418. The number of pyridine rings is 1. The van der Waals surface area contributed by atoms with Crippen LogP contribution in [0.2, 0.25) is 5.15 Å². The lowest BCUT2D eigenvalue weighted by Crippen LogP contribution is -2.10. The zero-order chi connectivity index (χ0) is 10.6. The van der Waals surface area contributed by atoms with Crippen molar-refractivity contribution in [3.8, 4) is 0 Å². The summed E-state index contributed by atoms with van der Waals surface area (Å²) in [5, 5.41) is 0.418. The van der Waals surface area contributed by atoms with Gasteiger partial charge in [0.1, 0.15) is 11.4 Å². The van der Waals surface area contributed by atoms with Crippen LogP contribution in [0, 0.1) is 0 Å². The third-order valence-corrected chi connectivity index (χ3v) is 1.94. The van der Waals surface area contributed by atoms with Crippen LogP contribution in [-0.4, -0.2) is 30.3 Å². The number of carbonyl (C=O) groups is 1. The quantitative estimate of drug-likeness (QED) is 0.434. The highest BCUT2D eigenvalue weighted by Crippen LogP contribution is 2.17. The van der Waals surface area contributed by atoms with E-state index in [9.17, 15) is 4.79 Å². The van der Waals surface area contributed by atoms with Gasteiger partial charge in [-0.25, -0.2) is 4.98 Å². The zero-order valence-electron chi connectivity index (χ0n) is 8.07. The fraction of sp³-hybridized carbons (Fsp3) is 0.200. The van der Waals surface area contributed by atoms with Crippen molar-refractivity contribution in [2.45, 2.75) is 0 Å². The Morgan fingerprint density at radius 1 is 1.57 bits per heavy atom. The van der Waals surface area contributed by atoms with E-state index in [0.29, 0.717) is 5.15 Å². The van der Waals surface area contributed by atoms with E-state index in [2.05, 4.69) is 4.98 Å². The molecule has 1 aromatic rings. The van der Waals surface area contributed by atoms with Crippen molar-refractivity contribution in [1.29, 1.82) is 0 Å². The molecule has 14 heavy (non-hydrogen) atoms. The molecule has 3 nitrogen and oxygen atoms in total. The molecular formula is C10H11ClN2O. The smallest absolute Gasteiger partial charge is 0.144 e. The van der Waals surface area contributed by atoms with Crippen LogP contribution in [-0.2, 0) is 4.79 Å². The second-order valence-corrected chi connectivity index (χ2v) is 3.34. The van der Waals surface area contributed by atoms with Crippen LogP contribution >= 0.6 is 11.6 Å². The highest BCUT2D eigenvalue weighted by Gasteiger charge is 2.03. The number of hydrogen-bond acceptors (Lipinski definition) is 3. The number of halogens is 1. The maximum Gasteiger partial charge on any atom is 0.144 e. The SMILES string of the molecule is CN(C)C(=CC=O)c1ccnc(Cl)c1. The van der Waals surface area contributed by atoms with Crippen LogP contribution in [0.15, 0.2) is 24.4 Å². The van der Waals surface area contributed by atoms with Crippen LogP contribution in [0.3, 0.4) is 0 Å². The van der Waals surface area contributed by atoms with Gasteiger partial charge in [-0.15, -0.1) is 0 Å². The molecule has 0 saturated heterocycles. The second-order valence-electron chi connectivity index (χ2n) is 2.95. The Hall–Kier alpha value is -1.35. The molecular weight excluding hydrogens is 200 g/mol. The molecule has 1 aromatic heterocycles. The molecule has 0 radical (unpaired) electrons. The van der Waals surface area contributed by atoms with Gasteiger partial charge in [-0.05, 0) is 12.1 Å². The molecule has 0 bridgehead atoms. The van der Waals surface area contributed by atoms with E-state index in [-0.39, 0.29) is 0 Å². The van der Waals surface area contributed by atoms with E-state index in [1.165, 1.54) is 6.08 Å². The summed E-state index contributed by atoms with van der Waals surface area (Å²) < 4.78 is 0. The summed E-state index contributed by atoms with van der Waals surface area (Å²) in [6, 6.07) is 3.53.